The van der Waals surface area contributed by atoms with Gasteiger partial charge in [-0.15, -0.1) is 0 Å². The molecule has 4 heteroatoms. The number of methoxy groups -OCH3 is 2. The molecular weight excluding hydrogens is 266 g/mol. The van der Waals surface area contributed by atoms with Crippen molar-refractivity contribution in [3.63, 3.8) is 0 Å². The predicted molar refractivity (Wildman–Crippen MR) is 84.2 cm³/mol. The highest BCUT2D eigenvalue weighted by atomic mass is 16.5. The molecular formula is C17H27NO3. The molecule has 1 atom stereocenters. The molecule has 1 unspecified atom stereocenters. The fourth-order valence-corrected chi connectivity index (χ4v) is 2.90. The fraction of sp³-hybridized carbons (Fsp3) is 0.647. The van der Waals surface area contributed by atoms with E-state index in [1.165, 1.54) is 32.1 Å². The maximum atomic E-state index is 6.10. The zero-order chi connectivity index (χ0) is 15.1. The number of rotatable bonds is 7. The maximum Gasteiger partial charge on any atom is 0.123 e. The lowest BCUT2D eigenvalue weighted by Gasteiger charge is -2.26. The summed E-state index contributed by atoms with van der Waals surface area (Å²) in [7, 11) is 5.33. The van der Waals surface area contributed by atoms with Crippen molar-refractivity contribution in [3.05, 3.63) is 23.8 Å². The van der Waals surface area contributed by atoms with Crippen LogP contribution in [0.5, 0.6) is 11.5 Å². The molecule has 1 aromatic rings. The van der Waals surface area contributed by atoms with Crippen molar-refractivity contribution in [1.82, 2.24) is 5.32 Å². The number of hydrogen-bond acceptors (Lipinski definition) is 4. The van der Waals surface area contributed by atoms with Crippen molar-refractivity contribution in [2.24, 2.45) is 0 Å². The standard InChI is InChI=1S/C17H27NO3/c1-18-16(12-21-13-7-5-4-6-8-13)15-11-14(19-2)9-10-17(15)20-3/h9-11,13,16,18H,4-8,12H2,1-3H3. The van der Waals surface area contributed by atoms with Crippen LogP contribution in [0.4, 0.5) is 0 Å². The van der Waals surface area contributed by atoms with E-state index in [1.807, 2.05) is 25.2 Å². The molecule has 4 nitrogen and oxygen atoms in total. The molecule has 1 fully saturated rings. The van der Waals surface area contributed by atoms with E-state index in [0.717, 1.165) is 17.1 Å². The van der Waals surface area contributed by atoms with Crippen molar-refractivity contribution >= 4 is 0 Å². The van der Waals surface area contributed by atoms with Crippen LogP contribution in [0.2, 0.25) is 0 Å². The summed E-state index contributed by atoms with van der Waals surface area (Å²) in [5, 5.41) is 3.32. The molecule has 118 valence electrons. The van der Waals surface area contributed by atoms with Crippen LogP contribution in [-0.4, -0.2) is 34.0 Å². The van der Waals surface area contributed by atoms with Gasteiger partial charge in [0.15, 0.2) is 0 Å². The third kappa shape index (κ3) is 4.35. The minimum atomic E-state index is 0.108. The van der Waals surface area contributed by atoms with Crippen LogP contribution >= 0.6 is 0 Å². The summed E-state index contributed by atoms with van der Waals surface area (Å²) >= 11 is 0. The Kier molecular flexibility index (Phi) is 6.33. The summed E-state index contributed by atoms with van der Waals surface area (Å²) in [6, 6.07) is 5.98. The molecule has 0 radical (unpaired) electrons. The van der Waals surface area contributed by atoms with E-state index in [-0.39, 0.29) is 6.04 Å². The van der Waals surface area contributed by atoms with Gasteiger partial charge in [-0.05, 0) is 38.1 Å². The van der Waals surface area contributed by atoms with Crippen molar-refractivity contribution in [3.8, 4) is 11.5 Å². The van der Waals surface area contributed by atoms with Gasteiger partial charge in [0.1, 0.15) is 11.5 Å². The second kappa shape index (κ2) is 8.25. The van der Waals surface area contributed by atoms with Crippen molar-refractivity contribution < 1.29 is 14.2 Å². The predicted octanol–water partition coefficient (Wildman–Crippen LogP) is 3.31. The van der Waals surface area contributed by atoms with Crippen LogP contribution in [0, 0.1) is 0 Å². The fourth-order valence-electron chi connectivity index (χ4n) is 2.90. The maximum absolute atomic E-state index is 6.10. The van der Waals surface area contributed by atoms with Gasteiger partial charge >= 0.3 is 0 Å². The van der Waals surface area contributed by atoms with Crippen molar-refractivity contribution in [2.75, 3.05) is 27.9 Å². The summed E-state index contributed by atoms with van der Waals surface area (Å²) < 4.78 is 16.9. The summed E-state index contributed by atoms with van der Waals surface area (Å²) in [6.45, 7) is 0.657. The zero-order valence-electron chi connectivity index (χ0n) is 13.4. The first-order valence-corrected chi connectivity index (χ1v) is 7.79. The Morgan fingerprint density at radius 1 is 1.14 bits per heavy atom. The van der Waals surface area contributed by atoms with Gasteiger partial charge in [0, 0.05) is 5.56 Å². The summed E-state index contributed by atoms with van der Waals surface area (Å²) in [5.74, 6) is 1.70. The SMILES string of the molecule is CNC(COC1CCCCC1)c1cc(OC)ccc1OC. The number of ether oxygens (including phenoxy) is 3. The Bertz CT molecular complexity index is 430. The first-order valence-electron chi connectivity index (χ1n) is 7.79. The van der Waals surface area contributed by atoms with Gasteiger partial charge in [-0.25, -0.2) is 0 Å². The second-order valence-corrected chi connectivity index (χ2v) is 5.54. The highest BCUT2D eigenvalue weighted by Crippen LogP contribution is 2.30. The summed E-state index contributed by atoms with van der Waals surface area (Å²) in [4.78, 5) is 0. The van der Waals surface area contributed by atoms with Gasteiger partial charge in [0.25, 0.3) is 0 Å². The van der Waals surface area contributed by atoms with Gasteiger partial charge in [-0.3, -0.25) is 0 Å². The van der Waals surface area contributed by atoms with Crippen LogP contribution in [-0.2, 0) is 4.74 Å². The molecule has 0 saturated heterocycles. The molecule has 1 N–H and O–H groups in total. The topological polar surface area (TPSA) is 39.7 Å². The molecule has 0 heterocycles. The lowest BCUT2D eigenvalue weighted by molar-refractivity contribution is 0.0162. The van der Waals surface area contributed by atoms with Gasteiger partial charge in [0.2, 0.25) is 0 Å². The van der Waals surface area contributed by atoms with Crippen molar-refractivity contribution in [1.29, 1.82) is 0 Å². The third-order valence-corrected chi connectivity index (χ3v) is 4.21. The quantitative estimate of drug-likeness (QED) is 0.837. The normalized spacial score (nSPS) is 17.5. The van der Waals surface area contributed by atoms with Crippen LogP contribution in [0.3, 0.4) is 0 Å². The van der Waals surface area contributed by atoms with Crippen LogP contribution < -0.4 is 14.8 Å². The molecule has 21 heavy (non-hydrogen) atoms. The Morgan fingerprint density at radius 2 is 1.90 bits per heavy atom. The van der Waals surface area contributed by atoms with Gasteiger partial charge in [0.05, 0.1) is 33.0 Å². The van der Waals surface area contributed by atoms with Crippen LogP contribution in [0.1, 0.15) is 43.7 Å². The highest BCUT2D eigenvalue weighted by Gasteiger charge is 2.19. The highest BCUT2D eigenvalue weighted by molar-refractivity contribution is 5.42. The first-order chi connectivity index (χ1) is 10.3. The Balaban J connectivity index is 2.04. The van der Waals surface area contributed by atoms with Crippen LogP contribution in [0.25, 0.3) is 0 Å². The first kappa shape index (κ1) is 16.1. The van der Waals surface area contributed by atoms with E-state index >= 15 is 0 Å². The average Bonchev–Trinajstić information content (AvgIpc) is 2.56. The van der Waals surface area contributed by atoms with Crippen LogP contribution in [0.15, 0.2) is 18.2 Å². The smallest absolute Gasteiger partial charge is 0.123 e. The molecule has 0 aromatic heterocycles. The molecule has 0 spiro atoms. The largest absolute Gasteiger partial charge is 0.497 e. The second-order valence-electron chi connectivity index (χ2n) is 5.54. The van der Waals surface area contributed by atoms with E-state index in [1.54, 1.807) is 14.2 Å². The van der Waals surface area contributed by atoms with E-state index in [9.17, 15) is 0 Å². The lowest BCUT2D eigenvalue weighted by atomic mass is 9.97. The Labute approximate surface area is 127 Å². The molecule has 1 aromatic carbocycles. The van der Waals surface area contributed by atoms with Gasteiger partial charge in [-0.1, -0.05) is 19.3 Å². The minimum Gasteiger partial charge on any atom is -0.497 e. The number of nitrogens with one attached hydrogen (secondary N) is 1. The van der Waals surface area contributed by atoms with Crippen molar-refractivity contribution in [2.45, 2.75) is 44.2 Å². The Hall–Kier alpha value is -1.26. The minimum absolute atomic E-state index is 0.108. The molecule has 0 amide bonds. The Morgan fingerprint density at radius 3 is 2.52 bits per heavy atom. The average molecular weight is 293 g/mol. The number of hydrogen-bond donors (Lipinski definition) is 1. The van der Waals surface area contributed by atoms with E-state index < -0.39 is 0 Å². The summed E-state index contributed by atoms with van der Waals surface area (Å²) in [5.41, 5.74) is 1.08. The zero-order valence-corrected chi connectivity index (χ0v) is 13.4. The van der Waals surface area contributed by atoms with Gasteiger partial charge < -0.3 is 19.5 Å². The molecule has 1 aliphatic carbocycles. The van der Waals surface area contributed by atoms with Gasteiger partial charge in [-0.2, -0.15) is 0 Å². The lowest BCUT2D eigenvalue weighted by Crippen LogP contribution is -2.26. The molecule has 1 aliphatic rings. The molecule has 0 aliphatic heterocycles. The number of benzene rings is 1. The monoisotopic (exact) mass is 293 g/mol. The summed E-state index contributed by atoms with van der Waals surface area (Å²) in [6.07, 6.45) is 6.71. The third-order valence-electron chi connectivity index (χ3n) is 4.21. The van der Waals surface area contributed by atoms with E-state index in [0.29, 0.717) is 12.7 Å². The molecule has 2 rings (SSSR count). The molecule has 0 bridgehead atoms. The van der Waals surface area contributed by atoms with E-state index in [2.05, 4.69) is 5.32 Å². The molecule has 1 saturated carbocycles. The van der Waals surface area contributed by atoms with E-state index in [4.69, 9.17) is 14.2 Å². The number of likely N-dealkylation sites (N-methyl/N-ethyl adjacent to an activating group) is 1.